The number of fused-ring (bicyclic) bond motifs is 1. The van der Waals surface area contributed by atoms with Crippen LogP contribution in [0.15, 0.2) is 36.4 Å². The van der Waals surface area contributed by atoms with E-state index < -0.39 is 0 Å². The van der Waals surface area contributed by atoms with Crippen molar-refractivity contribution < 1.29 is 9.84 Å². The molecule has 3 heteroatoms. The fourth-order valence-corrected chi connectivity index (χ4v) is 3.11. The van der Waals surface area contributed by atoms with E-state index in [2.05, 4.69) is 24.9 Å². The largest absolute Gasteiger partial charge is 0.507 e. The molecule has 2 unspecified atom stereocenters. The van der Waals surface area contributed by atoms with E-state index in [1.54, 1.807) is 0 Å². The minimum atomic E-state index is 0.166. The van der Waals surface area contributed by atoms with Crippen molar-refractivity contribution in [2.75, 3.05) is 20.2 Å². The number of hydrogen-bond donors (Lipinski definition) is 1. The maximum absolute atomic E-state index is 10.6. The fraction of sp³-hybridized carbons (Fsp3) is 0.444. The zero-order valence-corrected chi connectivity index (χ0v) is 12.7. The second-order valence-corrected chi connectivity index (χ2v) is 5.98. The van der Waals surface area contributed by atoms with Crippen LogP contribution in [0.4, 0.5) is 0 Å². The van der Waals surface area contributed by atoms with Crippen molar-refractivity contribution in [3.8, 4) is 5.75 Å². The Labute approximate surface area is 126 Å². The highest BCUT2D eigenvalue weighted by molar-refractivity contribution is 5.89. The summed E-state index contributed by atoms with van der Waals surface area (Å²) in [7, 11) is 2.10. The number of nitrogens with zero attached hydrogens (tertiary/aromatic N) is 1. The molecular formula is C18H23NO2. The van der Waals surface area contributed by atoms with E-state index in [4.69, 9.17) is 4.74 Å². The quantitative estimate of drug-likeness (QED) is 0.929. The zero-order valence-electron chi connectivity index (χ0n) is 12.7. The van der Waals surface area contributed by atoms with Crippen LogP contribution in [-0.2, 0) is 4.74 Å². The standard InChI is InChI=1S/C18H23NO2/c1-13(19(2)12-15-7-5-11-21-15)16-10-9-14-6-3-4-8-17(14)18(16)20/h3-4,6,8-10,13,15,20H,5,7,11-12H2,1-2H3. The SMILES string of the molecule is CC(c1ccc2ccccc2c1O)N(C)CC1CCCO1. The van der Waals surface area contributed by atoms with E-state index in [0.29, 0.717) is 11.9 Å². The summed E-state index contributed by atoms with van der Waals surface area (Å²) >= 11 is 0. The average molecular weight is 285 g/mol. The van der Waals surface area contributed by atoms with Crippen molar-refractivity contribution >= 4 is 10.8 Å². The Hall–Kier alpha value is -1.58. The minimum Gasteiger partial charge on any atom is -0.507 e. The van der Waals surface area contributed by atoms with Crippen LogP contribution in [0.25, 0.3) is 10.8 Å². The van der Waals surface area contributed by atoms with Gasteiger partial charge in [0.05, 0.1) is 6.10 Å². The van der Waals surface area contributed by atoms with Crippen molar-refractivity contribution in [3.05, 3.63) is 42.0 Å². The lowest BCUT2D eigenvalue weighted by Gasteiger charge is -2.28. The van der Waals surface area contributed by atoms with Crippen molar-refractivity contribution in [1.82, 2.24) is 4.90 Å². The van der Waals surface area contributed by atoms with Gasteiger partial charge in [0.25, 0.3) is 0 Å². The van der Waals surface area contributed by atoms with Gasteiger partial charge in [-0.05, 0) is 32.2 Å². The number of ether oxygens (including phenoxy) is 1. The lowest BCUT2D eigenvalue weighted by molar-refractivity contribution is 0.0700. The van der Waals surface area contributed by atoms with Crippen LogP contribution in [0.2, 0.25) is 0 Å². The molecule has 1 saturated heterocycles. The predicted octanol–water partition coefficient (Wildman–Crippen LogP) is 3.72. The van der Waals surface area contributed by atoms with Gasteiger partial charge < -0.3 is 9.84 Å². The first-order chi connectivity index (χ1) is 10.2. The third-order valence-corrected chi connectivity index (χ3v) is 4.56. The summed E-state index contributed by atoms with van der Waals surface area (Å²) in [6.07, 6.45) is 2.63. The smallest absolute Gasteiger partial charge is 0.128 e. The van der Waals surface area contributed by atoms with Gasteiger partial charge in [0, 0.05) is 30.1 Å². The Bertz CT molecular complexity index is 620. The molecule has 0 bridgehead atoms. The fourth-order valence-electron chi connectivity index (χ4n) is 3.11. The monoisotopic (exact) mass is 285 g/mol. The van der Waals surface area contributed by atoms with Gasteiger partial charge >= 0.3 is 0 Å². The summed E-state index contributed by atoms with van der Waals surface area (Å²) in [5.41, 5.74) is 0.981. The molecule has 0 aromatic heterocycles. The van der Waals surface area contributed by atoms with Crippen LogP contribution >= 0.6 is 0 Å². The summed E-state index contributed by atoms with van der Waals surface area (Å²) in [5, 5.41) is 12.6. The molecule has 0 spiro atoms. The summed E-state index contributed by atoms with van der Waals surface area (Å²) in [4.78, 5) is 2.26. The molecule has 1 fully saturated rings. The van der Waals surface area contributed by atoms with Crippen molar-refractivity contribution in [2.45, 2.75) is 31.9 Å². The van der Waals surface area contributed by atoms with Gasteiger partial charge in [-0.15, -0.1) is 0 Å². The Balaban J connectivity index is 1.83. The molecular weight excluding hydrogens is 262 g/mol. The highest BCUT2D eigenvalue weighted by Gasteiger charge is 2.22. The number of phenolic OH excluding ortho intramolecular Hbond substituents is 1. The van der Waals surface area contributed by atoms with E-state index >= 15 is 0 Å². The minimum absolute atomic E-state index is 0.166. The molecule has 112 valence electrons. The average Bonchev–Trinajstić information content (AvgIpc) is 3.00. The van der Waals surface area contributed by atoms with Crippen LogP contribution < -0.4 is 0 Å². The number of hydrogen-bond acceptors (Lipinski definition) is 3. The Morgan fingerprint density at radius 3 is 2.86 bits per heavy atom. The molecule has 0 aliphatic carbocycles. The van der Waals surface area contributed by atoms with E-state index in [9.17, 15) is 5.11 Å². The molecule has 3 nitrogen and oxygen atoms in total. The molecule has 2 aromatic rings. The van der Waals surface area contributed by atoms with Gasteiger partial charge in [-0.3, -0.25) is 4.90 Å². The molecule has 21 heavy (non-hydrogen) atoms. The van der Waals surface area contributed by atoms with Gasteiger partial charge in [-0.2, -0.15) is 0 Å². The Morgan fingerprint density at radius 1 is 1.29 bits per heavy atom. The highest BCUT2D eigenvalue weighted by Crippen LogP contribution is 2.34. The number of benzene rings is 2. The highest BCUT2D eigenvalue weighted by atomic mass is 16.5. The summed E-state index contributed by atoms with van der Waals surface area (Å²) in [5.74, 6) is 0.403. The van der Waals surface area contributed by atoms with E-state index in [0.717, 1.165) is 42.3 Å². The first-order valence-electron chi connectivity index (χ1n) is 7.69. The Kier molecular flexibility index (Phi) is 4.13. The molecule has 1 aliphatic heterocycles. The Morgan fingerprint density at radius 2 is 2.10 bits per heavy atom. The van der Waals surface area contributed by atoms with Gasteiger partial charge in [0.2, 0.25) is 0 Å². The molecule has 0 amide bonds. The molecule has 1 N–H and O–H groups in total. The van der Waals surface area contributed by atoms with E-state index in [1.165, 1.54) is 0 Å². The van der Waals surface area contributed by atoms with Gasteiger partial charge in [-0.25, -0.2) is 0 Å². The summed E-state index contributed by atoms with van der Waals surface area (Å²) in [6.45, 7) is 3.93. The van der Waals surface area contributed by atoms with Crippen LogP contribution in [0, 0.1) is 0 Å². The molecule has 1 aliphatic rings. The lowest BCUT2D eigenvalue weighted by Crippen LogP contribution is -2.31. The molecule has 2 atom stereocenters. The molecule has 2 aromatic carbocycles. The van der Waals surface area contributed by atoms with Crippen LogP contribution in [0.1, 0.15) is 31.4 Å². The number of aromatic hydroxyl groups is 1. The number of phenols is 1. The summed E-state index contributed by atoms with van der Waals surface area (Å²) in [6, 6.07) is 12.2. The van der Waals surface area contributed by atoms with Crippen LogP contribution in [0.3, 0.4) is 0 Å². The van der Waals surface area contributed by atoms with E-state index in [-0.39, 0.29) is 6.04 Å². The number of likely N-dealkylation sites (N-methyl/N-ethyl adjacent to an activating group) is 1. The molecule has 1 heterocycles. The lowest BCUT2D eigenvalue weighted by atomic mass is 10.00. The van der Waals surface area contributed by atoms with Crippen molar-refractivity contribution in [2.24, 2.45) is 0 Å². The first kappa shape index (κ1) is 14.4. The van der Waals surface area contributed by atoms with Crippen molar-refractivity contribution in [3.63, 3.8) is 0 Å². The maximum atomic E-state index is 10.6. The third-order valence-electron chi connectivity index (χ3n) is 4.56. The molecule has 0 radical (unpaired) electrons. The van der Waals surface area contributed by atoms with E-state index in [1.807, 2.05) is 30.3 Å². The topological polar surface area (TPSA) is 32.7 Å². The summed E-state index contributed by atoms with van der Waals surface area (Å²) < 4.78 is 5.71. The third kappa shape index (κ3) is 2.89. The molecule has 0 saturated carbocycles. The first-order valence-corrected chi connectivity index (χ1v) is 7.69. The van der Waals surface area contributed by atoms with Gasteiger partial charge in [0.15, 0.2) is 0 Å². The predicted molar refractivity (Wildman–Crippen MR) is 85.6 cm³/mol. The normalized spacial score (nSPS) is 20.2. The maximum Gasteiger partial charge on any atom is 0.128 e. The van der Waals surface area contributed by atoms with Gasteiger partial charge in [0.1, 0.15) is 5.75 Å². The van der Waals surface area contributed by atoms with Crippen LogP contribution in [-0.4, -0.2) is 36.3 Å². The van der Waals surface area contributed by atoms with Crippen molar-refractivity contribution in [1.29, 1.82) is 0 Å². The second-order valence-electron chi connectivity index (χ2n) is 5.98. The van der Waals surface area contributed by atoms with Crippen LogP contribution in [0.5, 0.6) is 5.75 Å². The molecule has 3 rings (SSSR count). The number of rotatable bonds is 4. The second kappa shape index (κ2) is 6.04. The zero-order chi connectivity index (χ0) is 14.8. The van der Waals surface area contributed by atoms with Gasteiger partial charge in [-0.1, -0.05) is 36.4 Å².